The topological polar surface area (TPSA) is 35.8 Å². The number of benzene rings is 1. The fraction of sp³-hybridized carbons (Fsp3) is 0.759. The number of halogens is 1. The average Bonchev–Trinajstić information content (AvgIpc) is 2.81. The van der Waals surface area contributed by atoms with Crippen LogP contribution in [0.2, 0.25) is 0 Å². The number of phenols is 1. The fourth-order valence-corrected chi connectivity index (χ4v) is 5.00. The Kier molecular flexibility index (Phi) is 18.5. The first-order valence-corrected chi connectivity index (χ1v) is 14.7. The number of unbranched alkanes of at least 4 members (excludes halogenated alkanes) is 15. The SMILES string of the molecule is CCCCCCCCCCCCCCCCCCN=Cc1cc(Br)c(N(CC)CC)cc1O. The van der Waals surface area contributed by atoms with Crippen LogP contribution in [0.4, 0.5) is 5.69 Å². The van der Waals surface area contributed by atoms with E-state index in [9.17, 15) is 5.11 Å². The zero-order chi connectivity index (χ0) is 24.2. The number of aromatic hydroxyl groups is 1. The maximum absolute atomic E-state index is 10.4. The molecule has 3 nitrogen and oxygen atoms in total. The molecule has 0 heterocycles. The highest BCUT2D eigenvalue weighted by atomic mass is 79.9. The van der Waals surface area contributed by atoms with Gasteiger partial charge in [-0.05, 0) is 42.3 Å². The van der Waals surface area contributed by atoms with Crippen molar-refractivity contribution in [2.45, 2.75) is 124 Å². The maximum Gasteiger partial charge on any atom is 0.126 e. The van der Waals surface area contributed by atoms with Crippen molar-refractivity contribution in [3.8, 4) is 5.75 Å². The Morgan fingerprint density at radius 2 is 1.18 bits per heavy atom. The predicted octanol–water partition coefficient (Wildman–Crippen LogP) is 9.68. The molecule has 0 unspecified atom stereocenters. The number of anilines is 1. The van der Waals surface area contributed by atoms with Crippen molar-refractivity contribution in [2.24, 2.45) is 4.99 Å². The van der Waals surface area contributed by atoms with Gasteiger partial charge >= 0.3 is 0 Å². The predicted molar refractivity (Wildman–Crippen MR) is 151 cm³/mol. The Morgan fingerprint density at radius 3 is 1.64 bits per heavy atom. The third-order valence-corrected chi connectivity index (χ3v) is 7.21. The van der Waals surface area contributed by atoms with E-state index in [-0.39, 0.29) is 0 Å². The largest absolute Gasteiger partial charge is 0.507 e. The van der Waals surface area contributed by atoms with Gasteiger partial charge in [0, 0.05) is 42.0 Å². The van der Waals surface area contributed by atoms with Crippen LogP contribution < -0.4 is 4.90 Å². The van der Waals surface area contributed by atoms with Gasteiger partial charge in [-0.1, -0.05) is 103 Å². The maximum atomic E-state index is 10.4. The van der Waals surface area contributed by atoms with Crippen LogP contribution in [-0.2, 0) is 0 Å². The molecule has 0 saturated heterocycles. The summed E-state index contributed by atoms with van der Waals surface area (Å²) >= 11 is 3.64. The first-order valence-electron chi connectivity index (χ1n) is 13.9. The highest BCUT2D eigenvalue weighted by Gasteiger charge is 2.10. The number of hydrogen-bond donors (Lipinski definition) is 1. The summed E-state index contributed by atoms with van der Waals surface area (Å²) in [5.41, 5.74) is 1.82. The minimum atomic E-state index is 0.302. The molecule has 0 bridgehead atoms. The second-order valence-corrected chi connectivity index (χ2v) is 10.2. The van der Waals surface area contributed by atoms with Crippen LogP contribution in [0.5, 0.6) is 5.75 Å². The standard InChI is InChI=1S/C29H51BrN2O/c1-4-7-8-9-10-11-12-13-14-15-16-17-18-19-20-21-22-31-25-26-23-27(30)28(24-29(26)33)32(5-2)6-3/h23-25,33H,4-22H2,1-3H3. The monoisotopic (exact) mass is 522 g/mol. The van der Waals surface area contributed by atoms with E-state index in [0.717, 1.165) is 41.8 Å². The molecule has 0 aliphatic carbocycles. The Balaban J connectivity index is 2.02. The molecule has 190 valence electrons. The van der Waals surface area contributed by atoms with Gasteiger partial charge in [-0.3, -0.25) is 4.99 Å². The lowest BCUT2D eigenvalue weighted by atomic mass is 10.0. The molecule has 0 aliphatic rings. The van der Waals surface area contributed by atoms with Crippen LogP contribution in [0.3, 0.4) is 0 Å². The average molecular weight is 524 g/mol. The molecule has 1 aromatic carbocycles. The first kappa shape index (κ1) is 30.0. The van der Waals surface area contributed by atoms with Crippen molar-refractivity contribution >= 4 is 27.8 Å². The highest BCUT2D eigenvalue weighted by Crippen LogP contribution is 2.32. The minimum Gasteiger partial charge on any atom is -0.507 e. The lowest BCUT2D eigenvalue weighted by Gasteiger charge is -2.23. The van der Waals surface area contributed by atoms with Gasteiger partial charge in [-0.15, -0.1) is 0 Å². The minimum absolute atomic E-state index is 0.302. The van der Waals surface area contributed by atoms with Crippen LogP contribution in [0.1, 0.15) is 129 Å². The van der Waals surface area contributed by atoms with E-state index in [1.165, 1.54) is 96.3 Å². The van der Waals surface area contributed by atoms with Crippen LogP contribution in [-0.4, -0.2) is 31.0 Å². The lowest BCUT2D eigenvalue weighted by Crippen LogP contribution is -2.22. The molecular weight excluding hydrogens is 472 g/mol. The van der Waals surface area contributed by atoms with Crippen molar-refractivity contribution < 1.29 is 5.11 Å². The van der Waals surface area contributed by atoms with E-state index in [1.54, 1.807) is 0 Å². The quantitative estimate of drug-likeness (QED) is 0.129. The smallest absolute Gasteiger partial charge is 0.126 e. The van der Waals surface area contributed by atoms with Crippen LogP contribution in [0.25, 0.3) is 0 Å². The van der Waals surface area contributed by atoms with E-state index in [0.29, 0.717) is 5.75 Å². The molecule has 0 fully saturated rings. The van der Waals surface area contributed by atoms with Crippen LogP contribution in [0.15, 0.2) is 21.6 Å². The second-order valence-electron chi connectivity index (χ2n) is 9.37. The summed E-state index contributed by atoms with van der Waals surface area (Å²) in [6.07, 6.45) is 24.0. The molecule has 1 rings (SSSR count). The van der Waals surface area contributed by atoms with E-state index >= 15 is 0 Å². The van der Waals surface area contributed by atoms with Gasteiger partial charge in [0.1, 0.15) is 5.75 Å². The van der Waals surface area contributed by atoms with E-state index < -0.39 is 0 Å². The molecule has 1 aromatic rings. The van der Waals surface area contributed by atoms with Gasteiger partial charge in [0.2, 0.25) is 0 Å². The number of rotatable bonds is 21. The van der Waals surface area contributed by atoms with Crippen molar-refractivity contribution in [3.05, 3.63) is 22.2 Å². The molecule has 0 radical (unpaired) electrons. The van der Waals surface area contributed by atoms with Crippen molar-refractivity contribution in [3.63, 3.8) is 0 Å². The number of hydrogen-bond acceptors (Lipinski definition) is 3. The number of aliphatic imine (C=N–C) groups is 1. The third kappa shape index (κ3) is 14.1. The summed E-state index contributed by atoms with van der Waals surface area (Å²) in [7, 11) is 0. The van der Waals surface area contributed by atoms with Crippen molar-refractivity contribution in [1.29, 1.82) is 0 Å². The molecule has 0 spiro atoms. The molecule has 0 aromatic heterocycles. The van der Waals surface area contributed by atoms with Crippen molar-refractivity contribution in [1.82, 2.24) is 0 Å². The molecule has 4 heteroatoms. The Labute approximate surface area is 213 Å². The summed E-state index contributed by atoms with van der Waals surface area (Å²) < 4.78 is 1.01. The molecular formula is C29H51BrN2O. The number of phenolic OH excluding ortho intramolecular Hbond substituents is 1. The summed E-state index contributed by atoms with van der Waals surface area (Å²) in [6.45, 7) is 9.22. The normalized spacial score (nSPS) is 11.5. The molecule has 0 saturated carbocycles. The second kappa shape index (κ2) is 20.4. The molecule has 0 amide bonds. The first-order chi connectivity index (χ1) is 16.1. The van der Waals surface area contributed by atoms with Gasteiger partial charge in [-0.25, -0.2) is 0 Å². The highest BCUT2D eigenvalue weighted by molar-refractivity contribution is 9.10. The summed E-state index contributed by atoms with van der Waals surface area (Å²) in [5.74, 6) is 0.302. The van der Waals surface area contributed by atoms with E-state index in [4.69, 9.17) is 0 Å². The van der Waals surface area contributed by atoms with Gasteiger partial charge in [0.15, 0.2) is 0 Å². The lowest BCUT2D eigenvalue weighted by molar-refractivity contribution is 0.474. The molecule has 0 atom stereocenters. The van der Waals surface area contributed by atoms with E-state index in [1.807, 2.05) is 18.3 Å². The summed E-state index contributed by atoms with van der Waals surface area (Å²) in [4.78, 5) is 6.77. The van der Waals surface area contributed by atoms with Gasteiger partial charge in [0.05, 0.1) is 5.69 Å². The van der Waals surface area contributed by atoms with Crippen LogP contribution >= 0.6 is 15.9 Å². The van der Waals surface area contributed by atoms with Gasteiger partial charge < -0.3 is 10.0 Å². The Hall–Kier alpha value is -1.03. The zero-order valence-corrected chi connectivity index (χ0v) is 23.5. The number of nitrogens with zero attached hydrogens (tertiary/aromatic N) is 2. The van der Waals surface area contributed by atoms with Gasteiger partial charge in [0.25, 0.3) is 0 Å². The van der Waals surface area contributed by atoms with E-state index in [2.05, 4.69) is 46.6 Å². The fourth-order valence-electron chi connectivity index (χ4n) is 4.39. The third-order valence-electron chi connectivity index (χ3n) is 6.57. The summed E-state index contributed by atoms with van der Waals surface area (Å²) in [6, 6.07) is 3.81. The molecule has 0 aliphatic heterocycles. The molecule has 1 N–H and O–H groups in total. The Morgan fingerprint density at radius 1 is 0.727 bits per heavy atom. The van der Waals surface area contributed by atoms with Gasteiger partial charge in [-0.2, -0.15) is 0 Å². The zero-order valence-electron chi connectivity index (χ0n) is 21.9. The summed E-state index contributed by atoms with van der Waals surface area (Å²) in [5, 5.41) is 10.4. The van der Waals surface area contributed by atoms with Crippen molar-refractivity contribution in [2.75, 3.05) is 24.5 Å². The van der Waals surface area contributed by atoms with Crippen LogP contribution in [0, 0.1) is 0 Å². The Bertz CT molecular complexity index is 628. The molecule has 33 heavy (non-hydrogen) atoms.